The van der Waals surface area contributed by atoms with Crippen LogP contribution in [-0.2, 0) is 12.1 Å². The van der Waals surface area contributed by atoms with Crippen LogP contribution < -0.4 is 10.1 Å². The number of nitrogens with zero attached hydrogens (tertiary/aromatic N) is 4. The van der Waals surface area contributed by atoms with Crippen LogP contribution in [0.1, 0.15) is 40.7 Å². The quantitative estimate of drug-likeness (QED) is 0.184. The summed E-state index contributed by atoms with van der Waals surface area (Å²) >= 11 is 0. The summed E-state index contributed by atoms with van der Waals surface area (Å²) in [5.74, 6) is 0.548. The van der Waals surface area contributed by atoms with Gasteiger partial charge in [-0.1, -0.05) is 30.3 Å². The van der Waals surface area contributed by atoms with Crippen LogP contribution in [0.3, 0.4) is 0 Å². The fraction of sp³-hybridized carbons (Fsp3) is 0.400. The summed E-state index contributed by atoms with van der Waals surface area (Å²) in [6, 6.07) is 19.7. The first-order valence-electron chi connectivity index (χ1n) is 16.1. The number of nitro benzene ring substituents is 1. The molecule has 0 spiro atoms. The zero-order chi connectivity index (χ0) is 33.9. The Bertz CT molecular complexity index is 1730. The molecular weight excluding hydrogens is 627 g/mol. The highest BCUT2D eigenvalue weighted by Gasteiger charge is 2.57. The van der Waals surface area contributed by atoms with E-state index in [9.17, 15) is 33.2 Å². The number of piperidine rings is 1. The van der Waals surface area contributed by atoms with Gasteiger partial charge < -0.3 is 24.6 Å². The average molecular weight is 666 g/mol. The van der Waals surface area contributed by atoms with Crippen LogP contribution in [0.15, 0.2) is 79.0 Å². The summed E-state index contributed by atoms with van der Waals surface area (Å²) in [7, 11) is 0. The first-order chi connectivity index (χ1) is 23.0. The Morgan fingerprint density at radius 1 is 0.979 bits per heavy atom. The molecule has 13 heteroatoms. The maximum Gasteiger partial charge on any atom is 0.422 e. The lowest BCUT2D eigenvalue weighted by Gasteiger charge is -2.39. The number of aromatic nitrogens is 1. The summed E-state index contributed by atoms with van der Waals surface area (Å²) in [4.78, 5) is 27.2. The third kappa shape index (κ3) is 7.18. The van der Waals surface area contributed by atoms with Crippen LogP contribution in [-0.4, -0.2) is 88.4 Å². The number of amides is 1. The Morgan fingerprint density at radius 2 is 1.71 bits per heavy atom. The van der Waals surface area contributed by atoms with Gasteiger partial charge in [-0.05, 0) is 61.7 Å². The van der Waals surface area contributed by atoms with Crippen molar-refractivity contribution in [3.05, 3.63) is 106 Å². The number of ether oxygens (including phenoxy) is 1. The number of carbonyl (C=O) groups is 1. The Hall–Kier alpha value is -4.46. The maximum absolute atomic E-state index is 14.9. The summed E-state index contributed by atoms with van der Waals surface area (Å²) < 4.78 is 52.2. The molecule has 1 unspecified atom stereocenters. The number of non-ortho nitro benzene ring substituents is 1. The van der Waals surface area contributed by atoms with Gasteiger partial charge in [0.2, 0.25) is 5.60 Å². The zero-order valence-electron chi connectivity index (χ0n) is 26.4. The van der Waals surface area contributed by atoms with E-state index in [2.05, 4.69) is 5.32 Å². The minimum atomic E-state index is -5.03. The van der Waals surface area contributed by atoms with Crippen molar-refractivity contribution in [3.63, 3.8) is 0 Å². The first-order valence-corrected chi connectivity index (χ1v) is 16.1. The number of aliphatic hydroxyl groups is 1. The lowest BCUT2D eigenvalue weighted by Crippen LogP contribution is -2.53. The van der Waals surface area contributed by atoms with E-state index in [1.165, 1.54) is 22.9 Å². The van der Waals surface area contributed by atoms with Crippen molar-refractivity contribution in [1.29, 1.82) is 0 Å². The van der Waals surface area contributed by atoms with Gasteiger partial charge in [-0.2, -0.15) is 13.2 Å². The van der Waals surface area contributed by atoms with Crippen molar-refractivity contribution >= 4 is 22.5 Å². The Balaban J connectivity index is 1.16. The van der Waals surface area contributed by atoms with E-state index in [4.69, 9.17) is 4.74 Å². The number of β-amino-alcohol motifs (C(OH)–C–C–N with tert-alkyl or cyclic N) is 1. The largest absolute Gasteiger partial charge is 0.490 e. The highest BCUT2D eigenvalue weighted by Crippen LogP contribution is 2.44. The molecule has 2 N–H and O–H groups in total. The van der Waals surface area contributed by atoms with E-state index in [1.54, 1.807) is 41.3 Å². The number of halogens is 3. The predicted octanol–water partition coefficient (Wildman–Crippen LogP) is 5.33. The highest BCUT2D eigenvalue weighted by atomic mass is 19.4. The number of benzene rings is 3. The molecule has 0 saturated carbocycles. The van der Waals surface area contributed by atoms with E-state index in [1.807, 2.05) is 23.1 Å². The predicted molar refractivity (Wildman–Crippen MR) is 174 cm³/mol. The van der Waals surface area contributed by atoms with Gasteiger partial charge in [-0.25, -0.2) is 0 Å². The van der Waals surface area contributed by atoms with E-state index in [0.717, 1.165) is 31.1 Å². The van der Waals surface area contributed by atoms with Crippen molar-refractivity contribution in [3.8, 4) is 5.75 Å². The molecule has 3 heterocycles. The van der Waals surface area contributed by atoms with Gasteiger partial charge in [0.25, 0.3) is 11.6 Å². The van der Waals surface area contributed by atoms with Gasteiger partial charge in [0.1, 0.15) is 11.9 Å². The van der Waals surface area contributed by atoms with Crippen molar-refractivity contribution < 1.29 is 32.7 Å². The molecule has 48 heavy (non-hydrogen) atoms. The summed E-state index contributed by atoms with van der Waals surface area (Å²) in [5.41, 5.74) is -2.24. The van der Waals surface area contributed by atoms with E-state index in [-0.39, 0.29) is 53.8 Å². The maximum atomic E-state index is 14.9. The van der Waals surface area contributed by atoms with Crippen LogP contribution >= 0.6 is 0 Å². The minimum absolute atomic E-state index is 0.0304. The number of alkyl halides is 3. The fourth-order valence-electron chi connectivity index (χ4n) is 6.57. The van der Waals surface area contributed by atoms with Crippen molar-refractivity contribution in [1.82, 2.24) is 19.7 Å². The molecule has 0 radical (unpaired) electrons. The Labute approximate surface area is 275 Å². The van der Waals surface area contributed by atoms with Gasteiger partial charge in [0.05, 0.1) is 10.4 Å². The van der Waals surface area contributed by atoms with Gasteiger partial charge in [0, 0.05) is 80.7 Å². The molecule has 254 valence electrons. The van der Waals surface area contributed by atoms with Crippen LogP contribution in [0.4, 0.5) is 18.9 Å². The van der Waals surface area contributed by atoms with E-state index < -0.39 is 23.2 Å². The summed E-state index contributed by atoms with van der Waals surface area (Å²) in [6.07, 6.45) is -2.23. The lowest BCUT2D eigenvalue weighted by molar-refractivity contribution is -0.384. The van der Waals surface area contributed by atoms with Crippen molar-refractivity contribution in [2.24, 2.45) is 0 Å². The second-order valence-corrected chi connectivity index (χ2v) is 12.5. The molecule has 1 aromatic heterocycles. The smallest absolute Gasteiger partial charge is 0.422 e. The first kappa shape index (κ1) is 33.4. The molecular formula is C35H38F3N5O5. The van der Waals surface area contributed by atoms with Gasteiger partial charge >= 0.3 is 6.18 Å². The number of likely N-dealkylation sites (tertiary alicyclic amines) is 1. The number of fused-ring (bicyclic) bond motifs is 1. The standard InChI is InChI=1S/C35H38F3N5O5/c36-35(37,38)34(45,31-23-42(22-25-5-2-1-3-6-25)32-21-27(43(46)47)9-12-30(31)32)24-40-18-13-29(14-19-40)48-28-10-7-26(8-11-28)33(44)41-17-4-15-39-16-20-41/h1-3,5-12,21,23,29,39,45H,4,13-20,22,24H2. The SMILES string of the molecule is O=C(c1ccc(OC2CCN(CC(O)(c3cn(Cc4ccccc4)c4cc([N+](=O)[O-])ccc34)C(F)(F)F)CC2)cc1)N1CCCNCC1. The average Bonchev–Trinajstić information content (AvgIpc) is 3.23. The van der Waals surface area contributed by atoms with Crippen LogP contribution in [0.2, 0.25) is 0 Å². The third-order valence-electron chi connectivity index (χ3n) is 9.21. The van der Waals surface area contributed by atoms with Crippen LogP contribution in [0, 0.1) is 10.1 Å². The highest BCUT2D eigenvalue weighted by molar-refractivity contribution is 5.94. The molecule has 0 aliphatic carbocycles. The zero-order valence-corrected chi connectivity index (χ0v) is 26.4. The number of rotatable bonds is 9. The molecule has 0 bridgehead atoms. The van der Waals surface area contributed by atoms with Crippen LogP contribution in [0.25, 0.3) is 10.9 Å². The molecule has 1 atom stereocenters. The van der Waals surface area contributed by atoms with E-state index in [0.29, 0.717) is 37.2 Å². The molecule has 6 rings (SSSR count). The van der Waals surface area contributed by atoms with Gasteiger partial charge in [0.15, 0.2) is 0 Å². The number of carbonyl (C=O) groups excluding carboxylic acids is 1. The summed E-state index contributed by atoms with van der Waals surface area (Å²) in [6.45, 7) is 2.98. The second kappa shape index (κ2) is 14.0. The molecule has 1 amide bonds. The van der Waals surface area contributed by atoms with Gasteiger partial charge in [-0.3, -0.25) is 19.8 Å². The fourth-order valence-corrected chi connectivity index (χ4v) is 6.57. The topological polar surface area (TPSA) is 113 Å². The summed E-state index contributed by atoms with van der Waals surface area (Å²) in [5, 5.41) is 26.4. The molecule has 4 aromatic rings. The number of hydrogen-bond acceptors (Lipinski definition) is 7. The normalized spacial score (nSPS) is 18.0. The third-order valence-corrected chi connectivity index (χ3v) is 9.21. The molecule has 2 saturated heterocycles. The lowest BCUT2D eigenvalue weighted by atomic mass is 9.91. The van der Waals surface area contributed by atoms with Gasteiger partial charge in [-0.15, -0.1) is 0 Å². The number of hydrogen-bond donors (Lipinski definition) is 2. The molecule has 3 aromatic carbocycles. The number of nitro groups is 1. The molecule has 10 nitrogen and oxygen atoms in total. The van der Waals surface area contributed by atoms with Crippen molar-refractivity contribution in [2.45, 2.75) is 43.7 Å². The molecule has 2 aliphatic heterocycles. The second-order valence-electron chi connectivity index (χ2n) is 12.5. The number of nitrogens with one attached hydrogen (secondary N) is 1. The Morgan fingerprint density at radius 3 is 2.40 bits per heavy atom. The monoisotopic (exact) mass is 665 g/mol. The molecule has 2 aliphatic rings. The van der Waals surface area contributed by atoms with E-state index >= 15 is 0 Å². The Kier molecular flexibility index (Phi) is 9.72. The van der Waals surface area contributed by atoms with Crippen LogP contribution in [0.5, 0.6) is 5.75 Å². The molecule has 2 fully saturated rings. The minimum Gasteiger partial charge on any atom is -0.490 e. The van der Waals surface area contributed by atoms with Crippen molar-refractivity contribution in [2.75, 3.05) is 45.8 Å².